The van der Waals surface area contributed by atoms with Crippen molar-refractivity contribution < 1.29 is 9.13 Å². The maximum Gasteiger partial charge on any atom is 0.280 e. The Morgan fingerprint density at radius 2 is 1.91 bits per heavy atom. The Hall–Kier alpha value is -2.41. The van der Waals surface area contributed by atoms with Crippen LogP contribution in [0.3, 0.4) is 0 Å². The fraction of sp³-hybridized carbons (Fsp3) is 0.375. The molecule has 0 bridgehead atoms. The molecule has 0 unspecified atom stereocenters. The largest absolute Gasteiger partial charge is 0.378 e. The number of H-pyrrole nitrogens is 1. The van der Waals surface area contributed by atoms with E-state index in [9.17, 15) is 9.18 Å². The highest BCUT2D eigenvalue weighted by Gasteiger charge is 2.17. The molecule has 0 atom stereocenters. The van der Waals surface area contributed by atoms with Gasteiger partial charge in [0.25, 0.3) is 5.56 Å². The van der Waals surface area contributed by atoms with Gasteiger partial charge in [-0.3, -0.25) is 14.9 Å². The van der Waals surface area contributed by atoms with E-state index in [4.69, 9.17) is 4.74 Å². The summed E-state index contributed by atoms with van der Waals surface area (Å²) in [5, 5.41) is 9.46. The van der Waals surface area contributed by atoms with Crippen molar-refractivity contribution in [3.63, 3.8) is 0 Å². The maximum absolute atomic E-state index is 13.0. The van der Waals surface area contributed by atoms with Gasteiger partial charge in [-0.05, 0) is 38.1 Å². The van der Waals surface area contributed by atoms with E-state index < -0.39 is 0 Å². The molecule has 0 saturated carbocycles. The standard InChI is InChI=1S/C16H19FN4O2/c1-11(18-20-7-9-23-10-8-20)15-12(2)19-21(16(15)22)14-5-3-13(17)4-6-14/h3-6,19H,7-10H2,1-2H3/b18-11+. The molecule has 2 heterocycles. The number of rotatable bonds is 3. The number of aromatic amines is 1. The van der Waals surface area contributed by atoms with Crippen LogP contribution in [-0.4, -0.2) is 46.8 Å². The number of benzene rings is 1. The number of ether oxygens (including phenoxy) is 1. The lowest BCUT2D eigenvalue weighted by atomic mass is 10.2. The fourth-order valence-corrected chi connectivity index (χ4v) is 2.66. The minimum absolute atomic E-state index is 0.191. The van der Waals surface area contributed by atoms with Crippen molar-refractivity contribution in [2.45, 2.75) is 13.8 Å². The number of nitrogens with one attached hydrogen (secondary N) is 1. The predicted molar refractivity (Wildman–Crippen MR) is 85.7 cm³/mol. The molecular weight excluding hydrogens is 299 g/mol. The summed E-state index contributed by atoms with van der Waals surface area (Å²) in [5.74, 6) is -0.338. The quantitative estimate of drug-likeness (QED) is 0.876. The van der Waals surface area contributed by atoms with E-state index in [1.54, 1.807) is 12.1 Å². The Morgan fingerprint density at radius 1 is 1.26 bits per heavy atom. The van der Waals surface area contributed by atoms with Crippen molar-refractivity contribution in [2.24, 2.45) is 5.10 Å². The highest BCUT2D eigenvalue weighted by molar-refractivity contribution is 5.99. The Balaban J connectivity index is 1.95. The van der Waals surface area contributed by atoms with Crippen molar-refractivity contribution in [2.75, 3.05) is 26.3 Å². The van der Waals surface area contributed by atoms with Gasteiger partial charge in [0.15, 0.2) is 0 Å². The summed E-state index contributed by atoms with van der Waals surface area (Å²) < 4.78 is 19.7. The Morgan fingerprint density at radius 3 is 2.57 bits per heavy atom. The van der Waals surface area contributed by atoms with Gasteiger partial charge in [0, 0.05) is 5.69 Å². The van der Waals surface area contributed by atoms with Crippen LogP contribution in [0.4, 0.5) is 4.39 Å². The Labute approximate surface area is 133 Å². The topological polar surface area (TPSA) is 62.6 Å². The van der Waals surface area contributed by atoms with Crippen molar-refractivity contribution in [1.82, 2.24) is 14.8 Å². The van der Waals surface area contributed by atoms with Crippen molar-refractivity contribution in [1.29, 1.82) is 0 Å². The first-order valence-corrected chi connectivity index (χ1v) is 7.52. The molecule has 1 aromatic carbocycles. The number of aryl methyl sites for hydroxylation is 1. The lowest BCUT2D eigenvalue weighted by Gasteiger charge is -2.24. The first-order chi connectivity index (χ1) is 11.1. The highest BCUT2D eigenvalue weighted by Crippen LogP contribution is 2.10. The zero-order valence-corrected chi connectivity index (χ0v) is 13.2. The number of aromatic nitrogens is 2. The molecule has 122 valence electrons. The maximum atomic E-state index is 13.0. The van der Waals surface area contributed by atoms with Crippen LogP contribution in [0.1, 0.15) is 18.2 Å². The molecule has 2 aromatic rings. The molecule has 0 aliphatic carbocycles. The number of halogens is 1. The molecule has 1 aliphatic rings. The Kier molecular flexibility index (Phi) is 4.29. The molecule has 1 fully saturated rings. The lowest BCUT2D eigenvalue weighted by Crippen LogP contribution is -2.33. The van der Waals surface area contributed by atoms with Crippen LogP contribution in [0.25, 0.3) is 5.69 Å². The van der Waals surface area contributed by atoms with Gasteiger partial charge in [0.2, 0.25) is 0 Å². The zero-order valence-electron chi connectivity index (χ0n) is 13.2. The second kappa shape index (κ2) is 6.37. The molecule has 3 rings (SSSR count). The molecule has 1 aromatic heterocycles. The third-order valence-electron chi connectivity index (χ3n) is 3.80. The first kappa shape index (κ1) is 15.5. The van der Waals surface area contributed by atoms with Gasteiger partial charge in [-0.1, -0.05) is 0 Å². The van der Waals surface area contributed by atoms with E-state index in [1.165, 1.54) is 16.8 Å². The number of hydrazone groups is 1. The molecule has 1 N–H and O–H groups in total. The van der Waals surface area contributed by atoms with Crippen molar-refractivity contribution in [3.05, 3.63) is 51.7 Å². The van der Waals surface area contributed by atoms with E-state index in [-0.39, 0.29) is 11.4 Å². The van der Waals surface area contributed by atoms with Gasteiger partial charge in [-0.25, -0.2) is 9.07 Å². The summed E-state index contributed by atoms with van der Waals surface area (Å²) in [7, 11) is 0. The van der Waals surface area contributed by atoms with E-state index >= 15 is 0 Å². The monoisotopic (exact) mass is 318 g/mol. The van der Waals surface area contributed by atoms with Crippen molar-refractivity contribution >= 4 is 5.71 Å². The van der Waals surface area contributed by atoms with Crippen LogP contribution in [0.5, 0.6) is 0 Å². The molecule has 7 heteroatoms. The average Bonchev–Trinajstić information content (AvgIpc) is 2.84. The van der Waals surface area contributed by atoms with Crippen LogP contribution in [-0.2, 0) is 4.74 Å². The Bertz CT molecular complexity index is 770. The van der Waals surface area contributed by atoms with Gasteiger partial charge in [-0.2, -0.15) is 5.10 Å². The van der Waals surface area contributed by atoms with E-state index in [0.717, 1.165) is 5.69 Å². The van der Waals surface area contributed by atoms with Gasteiger partial charge in [0.1, 0.15) is 5.82 Å². The third kappa shape index (κ3) is 3.19. The van der Waals surface area contributed by atoms with Gasteiger partial charge in [-0.15, -0.1) is 0 Å². The van der Waals surface area contributed by atoms with Crippen LogP contribution in [0.15, 0.2) is 34.2 Å². The van der Waals surface area contributed by atoms with Crippen LogP contribution in [0, 0.1) is 12.7 Å². The molecule has 1 aliphatic heterocycles. The summed E-state index contributed by atoms with van der Waals surface area (Å²) in [5.41, 5.74) is 2.33. The molecule has 0 radical (unpaired) electrons. The minimum atomic E-state index is -0.338. The fourth-order valence-electron chi connectivity index (χ4n) is 2.66. The molecule has 1 saturated heterocycles. The van der Waals surface area contributed by atoms with Crippen molar-refractivity contribution in [3.8, 4) is 5.69 Å². The molecule has 0 spiro atoms. The third-order valence-corrected chi connectivity index (χ3v) is 3.80. The minimum Gasteiger partial charge on any atom is -0.378 e. The number of hydrogen-bond acceptors (Lipinski definition) is 4. The number of morpholine rings is 1. The number of hydrogen-bond donors (Lipinski definition) is 1. The van der Waals surface area contributed by atoms with E-state index in [1.807, 2.05) is 18.9 Å². The van der Waals surface area contributed by atoms with Gasteiger partial charge >= 0.3 is 0 Å². The summed E-state index contributed by atoms with van der Waals surface area (Å²) >= 11 is 0. The smallest absolute Gasteiger partial charge is 0.280 e. The summed E-state index contributed by atoms with van der Waals surface area (Å²) in [4.78, 5) is 12.7. The lowest BCUT2D eigenvalue weighted by molar-refractivity contribution is 0.0393. The average molecular weight is 318 g/mol. The van der Waals surface area contributed by atoms with Crippen LogP contribution in [0.2, 0.25) is 0 Å². The normalized spacial score (nSPS) is 16.0. The summed E-state index contributed by atoms with van der Waals surface area (Å²) in [6.45, 7) is 6.36. The van der Waals surface area contributed by atoms with Crippen LogP contribution >= 0.6 is 0 Å². The number of nitrogens with zero attached hydrogens (tertiary/aromatic N) is 3. The molecular formula is C16H19FN4O2. The highest BCUT2D eigenvalue weighted by atomic mass is 19.1. The summed E-state index contributed by atoms with van der Waals surface area (Å²) in [6, 6.07) is 5.77. The van der Waals surface area contributed by atoms with Gasteiger partial charge < -0.3 is 4.74 Å². The molecule has 23 heavy (non-hydrogen) atoms. The predicted octanol–water partition coefficient (Wildman–Crippen LogP) is 1.67. The van der Waals surface area contributed by atoms with E-state index in [2.05, 4.69) is 10.2 Å². The zero-order chi connectivity index (χ0) is 16.4. The van der Waals surface area contributed by atoms with Gasteiger partial charge in [0.05, 0.1) is 43.3 Å². The SMILES string of the molecule is C/C(=N\N1CCOCC1)c1c(C)[nH]n(-c2ccc(F)cc2)c1=O. The van der Waals surface area contributed by atoms with Crippen LogP contribution < -0.4 is 5.56 Å². The first-order valence-electron chi connectivity index (χ1n) is 7.52. The second-order valence-electron chi connectivity index (χ2n) is 5.48. The summed E-state index contributed by atoms with van der Waals surface area (Å²) in [6.07, 6.45) is 0. The van der Waals surface area contributed by atoms with E-state index in [0.29, 0.717) is 43.3 Å². The molecule has 0 amide bonds. The second-order valence-corrected chi connectivity index (χ2v) is 5.48. The molecule has 6 nitrogen and oxygen atoms in total.